The SMILES string of the molecule is CCNC(=O)c1ccc(C)c(NC(=O)c2ccc(CS(=O)(=O)c3ccccc3)o2)c1. The normalized spacial score (nSPS) is 11.1. The van der Waals surface area contributed by atoms with Crippen LogP contribution in [-0.2, 0) is 15.6 Å². The molecule has 0 atom stereocenters. The van der Waals surface area contributed by atoms with E-state index in [1.807, 2.05) is 6.92 Å². The molecule has 156 valence electrons. The summed E-state index contributed by atoms with van der Waals surface area (Å²) in [6.07, 6.45) is 0. The highest BCUT2D eigenvalue weighted by Gasteiger charge is 2.19. The number of benzene rings is 2. The van der Waals surface area contributed by atoms with Crippen LogP contribution in [0.2, 0.25) is 0 Å². The van der Waals surface area contributed by atoms with E-state index in [4.69, 9.17) is 4.42 Å². The fourth-order valence-electron chi connectivity index (χ4n) is 2.82. The Hall–Kier alpha value is -3.39. The molecule has 0 unspecified atom stereocenters. The van der Waals surface area contributed by atoms with Gasteiger partial charge in [-0.05, 0) is 55.8 Å². The molecule has 2 N–H and O–H groups in total. The second kappa shape index (κ2) is 8.96. The molecular weight excluding hydrogens is 404 g/mol. The maximum atomic E-state index is 12.6. The number of aryl methyl sites for hydroxylation is 1. The maximum Gasteiger partial charge on any atom is 0.291 e. The molecule has 30 heavy (non-hydrogen) atoms. The summed E-state index contributed by atoms with van der Waals surface area (Å²) in [5, 5.41) is 5.41. The molecular formula is C22H22N2O5S. The molecule has 0 saturated heterocycles. The second-order valence-corrected chi connectivity index (χ2v) is 8.67. The van der Waals surface area contributed by atoms with Gasteiger partial charge in [0.1, 0.15) is 11.5 Å². The van der Waals surface area contributed by atoms with Crippen LogP contribution in [0.5, 0.6) is 0 Å². The van der Waals surface area contributed by atoms with Crippen molar-refractivity contribution in [3.63, 3.8) is 0 Å². The average Bonchev–Trinajstić information content (AvgIpc) is 3.18. The number of sulfone groups is 1. The third kappa shape index (κ3) is 4.96. The van der Waals surface area contributed by atoms with E-state index in [1.165, 1.54) is 24.3 Å². The third-order valence-corrected chi connectivity index (χ3v) is 6.06. The molecule has 7 nitrogen and oxygen atoms in total. The number of furan rings is 1. The van der Waals surface area contributed by atoms with Crippen molar-refractivity contribution in [2.75, 3.05) is 11.9 Å². The number of rotatable bonds is 7. The monoisotopic (exact) mass is 426 g/mol. The fraction of sp³-hybridized carbons (Fsp3) is 0.182. The quantitative estimate of drug-likeness (QED) is 0.601. The average molecular weight is 426 g/mol. The summed E-state index contributed by atoms with van der Waals surface area (Å²) in [7, 11) is -3.58. The number of hydrogen-bond donors (Lipinski definition) is 2. The number of anilines is 1. The van der Waals surface area contributed by atoms with E-state index in [1.54, 1.807) is 43.3 Å². The lowest BCUT2D eigenvalue weighted by atomic mass is 10.1. The molecule has 2 aromatic carbocycles. The Labute approximate surface area is 175 Å². The lowest BCUT2D eigenvalue weighted by molar-refractivity contribution is 0.0953. The van der Waals surface area contributed by atoms with E-state index in [0.29, 0.717) is 17.8 Å². The van der Waals surface area contributed by atoms with E-state index in [0.717, 1.165) is 5.56 Å². The van der Waals surface area contributed by atoms with Crippen LogP contribution in [0.25, 0.3) is 0 Å². The molecule has 0 aliphatic rings. The Morgan fingerprint density at radius 2 is 1.70 bits per heavy atom. The number of carbonyl (C=O) groups excluding carboxylic acids is 2. The van der Waals surface area contributed by atoms with Crippen molar-refractivity contribution < 1.29 is 22.4 Å². The first-order chi connectivity index (χ1) is 14.3. The van der Waals surface area contributed by atoms with Crippen LogP contribution in [0.4, 0.5) is 5.69 Å². The first kappa shape index (κ1) is 21.3. The van der Waals surface area contributed by atoms with Crippen molar-refractivity contribution in [1.82, 2.24) is 5.32 Å². The van der Waals surface area contributed by atoms with Crippen LogP contribution in [0.15, 0.2) is 70.0 Å². The van der Waals surface area contributed by atoms with E-state index >= 15 is 0 Å². The molecule has 0 bridgehead atoms. The van der Waals surface area contributed by atoms with Crippen molar-refractivity contribution >= 4 is 27.3 Å². The molecule has 3 aromatic rings. The van der Waals surface area contributed by atoms with Crippen molar-refractivity contribution in [3.8, 4) is 0 Å². The minimum Gasteiger partial charge on any atom is -0.455 e. The van der Waals surface area contributed by atoms with Gasteiger partial charge in [0.15, 0.2) is 15.6 Å². The highest BCUT2D eigenvalue weighted by molar-refractivity contribution is 7.90. The first-order valence-corrected chi connectivity index (χ1v) is 11.0. The Kier molecular flexibility index (Phi) is 6.37. The highest BCUT2D eigenvalue weighted by Crippen LogP contribution is 2.21. The van der Waals surface area contributed by atoms with Gasteiger partial charge in [0.2, 0.25) is 0 Å². The predicted octanol–water partition coefficient (Wildman–Crippen LogP) is 3.56. The van der Waals surface area contributed by atoms with E-state index in [9.17, 15) is 18.0 Å². The molecule has 1 aromatic heterocycles. The van der Waals surface area contributed by atoms with Crippen LogP contribution in [0.1, 0.15) is 39.2 Å². The van der Waals surface area contributed by atoms with Crippen LogP contribution < -0.4 is 10.6 Å². The van der Waals surface area contributed by atoms with Gasteiger partial charge in [-0.15, -0.1) is 0 Å². The Morgan fingerprint density at radius 1 is 0.967 bits per heavy atom. The standard InChI is InChI=1S/C22H22N2O5S/c1-3-23-21(25)16-10-9-15(2)19(13-16)24-22(26)20-12-11-17(29-20)14-30(27,28)18-7-5-4-6-8-18/h4-13H,3,14H2,1-2H3,(H,23,25)(H,24,26). The molecule has 0 radical (unpaired) electrons. The van der Waals surface area contributed by atoms with Crippen LogP contribution >= 0.6 is 0 Å². The molecule has 0 saturated carbocycles. The van der Waals surface area contributed by atoms with E-state index in [2.05, 4.69) is 10.6 Å². The number of amides is 2. The molecule has 0 aliphatic carbocycles. The van der Waals surface area contributed by atoms with Gasteiger partial charge in [0.25, 0.3) is 11.8 Å². The van der Waals surface area contributed by atoms with Crippen molar-refractivity contribution in [3.05, 3.63) is 83.3 Å². The largest absolute Gasteiger partial charge is 0.455 e. The summed E-state index contributed by atoms with van der Waals surface area (Å²) < 4.78 is 30.4. The summed E-state index contributed by atoms with van der Waals surface area (Å²) in [6, 6.07) is 15.9. The molecule has 0 fully saturated rings. The summed E-state index contributed by atoms with van der Waals surface area (Å²) in [5.74, 6) is -0.975. The molecule has 3 rings (SSSR count). The second-order valence-electron chi connectivity index (χ2n) is 6.68. The van der Waals surface area contributed by atoms with E-state index < -0.39 is 15.7 Å². The van der Waals surface area contributed by atoms with Gasteiger partial charge in [-0.1, -0.05) is 24.3 Å². The highest BCUT2D eigenvalue weighted by atomic mass is 32.2. The van der Waals surface area contributed by atoms with Crippen molar-refractivity contribution in [1.29, 1.82) is 0 Å². The summed E-state index contributed by atoms with van der Waals surface area (Å²) in [5.41, 5.74) is 1.67. The fourth-order valence-corrected chi connectivity index (χ4v) is 4.09. The summed E-state index contributed by atoms with van der Waals surface area (Å²) in [4.78, 5) is 24.8. The van der Waals surface area contributed by atoms with Crippen LogP contribution in [-0.4, -0.2) is 26.8 Å². The van der Waals surface area contributed by atoms with Gasteiger partial charge in [-0.25, -0.2) is 8.42 Å². The van der Waals surface area contributed by atoms with E-state index in [-0.39, 0.29) is 28.1 Å². The van der Waals surface area contributed by atoms with Crippen molar-refractivity contribution in [2.45, 2.75) is 24.5 Å². The molecule has 0 spiro atoms. The Morgan fingerprint density at radius 3 is 2.40 bits per heavy atom. The Balaban J connectivity index is 1.74. The molecule has 0 aliphatic heterocycles. The maximum absolute atomic E-state index is 12.6. The van der Waals surface area contributed by atoms with Gasteiger partial charge in [-0.3, -0.25) is 9.59 Å². The zero-order chi connectivity index (χ0) is 21.7. The van der Waals surface area contributed by atoms with Crippen LogP contribution in [0, 0.1) is 6.92 Å². The number of carbonyl (C=O) groups is 2. The summed E-state index contributed by atoms with van der Waals surface area (Å²) >= 11 is 0. The van der Waals surface area contributed by atoms with Gasteiger partial charge < -0.3 is 15.1 Å². The van der Waals surface area contributed by atoms with Crippen molar-refractivity contribution in [2.24, 2.45) is 0 Å². The summed E-state index contributed by atoms with van der Waals surface area (Å²) in [6.45, 7) is 4.12. The van der Waals surface area contributed by atoms with Gasteiger partial charge in [-0.2, -0.15) is 0 Å². The lowest BCUT2D eigenvalue weighted by Gasteiger charge is -2.10. The molecule has 1 heterocycles. The first-order valence-electron chi connectivity index (χ1n) is 9.37. The van der Waals surface area contributed by atoms with Gasteiger partial charge in [0.05, 0.1) is 4.90 Å². The molecule has 8 heteroatoms. The minimum absolute atomic E-state index is 0.0175. The number of hydrogen-bond acceptors (Lipinski definition) is 5. The smallest absolute Gasteiger partial charge is 0.291 e. The zero-order valence-electron chi connectivity index (χ0n) is 16.6. The van der Waals surface area contributed by atoms with Gasteiger partial charge in [0, 0.05) is 17.8 Å². The Bertz CT molecular complexity index is 1170. The predicted molar refractivity (Wildman–Crippen MR) is 113 cm³/mol. The van der Waals surface area contributed by atoms with Gasteiger partial charge >= 0.3 is 0 Å². The zero-order valence-corrected chi connectivity index (χ0v) is 17.5. The number of nitrogens with one attached hydrogen (secondary N) is 2. The lowest BCUT2D eigenvalue weighted by Crippen LogP contribution is -2.23. The minimum atomic E-state index is -3.58. The third-order valence-electron chi connectivity index (χ3n) is 4.41. The van der Waals surface area contributed by atoms with Crippen LogP contribution in [0.3, 0.4) is 0 Å². The topological polar surface area (TPSA) is 105 Å². The molecule has 2 amide bonds.